The number of fused-ring (bicyclic) bond motifs is 6. The molecule has 0 saturated carbocycles. The average Bonchev–Trinajstić information content (AvgIpc) is 3.26. The minimum atomic E-state index is 0.702. The van der Waals surface area contributed by atoms with E-state index in [9.17, 15) is 0 Å². The highest BCUT2D eigenvalue weighted by atomic mass is 35.5. The average molecular weight is 369 g/mol. The van der Waals surface area contributed by atoms with E-state index < -0.39 is 0 Å². The van der Waals surface area contributed by atoms with Crippen LogP contribution in [0, 0.1) is 0 Å². The summed E-state index contributed by atoms with van der Waals surface area (Å²) in [5.74, 6) is 0. The molecule has 0 N–H and O–H groups in total. The summed E-state index contributed by atoms with van der Waals surface area (Å²) in [4.78, 5) is 0. The van der Waals surface area contributed by atoms with Crippen molar-refractivity contribution in [3.05, 3.63) is 83.9 Å². The van der Waals surface area contributed by atoms with Crippen LogP contribution in [0.3, 0.4) is 0 Å². The predicted octanol–water partition coefficient (Wildman–Crippen LogP) is 7.81. The van der Waals surface area contributed by atoms with E-state index in [1.54, 1.807) is 0 Å². The van der Waals surface area contributed by atoms with Crippen molar-refractivity contribution in [1.29, 1.82) is 0 Å². The molecular weight excluding hydrogens is 356 g/mol. The van der Waals surface area contributed by atoms with Gasteiger partial charge in [-0.1, -0.05) is 54.1 Å². The fourth-order valence-corrected chi connectivity index (χ4v) is 4.22. The highest BCUT2D eigenvalue weighted by molar-refractivity contribution is 6.38. The lowest BCUT2D eigenvalue weighted by atomic mass is 9.98. The number of rotatable bonds is 1. The summed E-state index contributed by atoms with van der Waals surface area (Å²) in [7, 11) is 0. The lowest BCUT2D eigenvalue weighted by Crippen LogP contribution is -1.80. The quantitative estimate of drug-likeness (QED) is 0.296. The van der Waals surface area contributed by atoms with E-state index in [1.807, 2.05) is 54.6 Å². The molecule has 6 aromatic rings. The minimum Gasteiger partial charge on any atom is -0.456 e. The Kier molecular flexibility index (Phi) is 2.97. The van der Waals surface area contributed by atoms with Crippen LogP contribution in [0.15, 0.2) is 87.7 Å². The molecule has 6 rings (SSSR count). The van der Waals surface area contributed by atoms with E-state index in [0.717, 1.165) is 55.0 Å². The van der Waals surface area contributed by atoms with E-state index in [2.05, 4.69) is 24.3 Å². The van der Waals surface area contributed by atoms with Crippen LogP contribution in [0.1, 0.15) is 0 Å². The van der Waals surface area contributed by atoms with Gasteiger partial charge >= 0.3 is 0 Å². The Balaban J connectivity index is 1.72. The van der Waals surface area contributed by atoms with Crippen molar-refractivity contribution in [1.82, 2.24) is 0 Å². The lowest BCUT2D eigenvalue weighted by molar-refractivity contribution is 0.669. The molecule has 0 atom stereocenters. The highest BCUT2D eigenvalue weighted by Crippen LogP contribution is 2.41. The summed E-state index contributed by atoms with van der Waals surface area (Å²) in [6.45, 7) is 0. The first-order valence-corrected chi connectivity index (χ1v) is 9.19. The second kappa shape index (κ2) is 5.38. The molecule has 0 aliphatic carbocycles. The van der Waals surface area contributed by atoms with Gasteiger partial charge in [-0.15, -0.1) is 0 Å². The monoisotopic (exact) mass is 368 g/mol. The summed E-state index contributed by atoms with van der Waals surface area (Å²) in [6.07, 6.45) is 0. The van der Waals surface area contributed by atoms with Gasteiger partial charge in [-0.3, -0.25) is 0 Å². The molecule has 0 unspecified atom stereocenters. The van der Waals surface area contributed by atoms with Gasteiger partial charge in [0.1, 0.15) is 22.3 Å². The third kappa shape index (κ3) is 2.08. The number of para-hydroxylation sites is 1. The number of halogens is 1. The number of furan rings is 2. The van der Waals surface area contributed by atoms with Gasteiger partial charge in [-0.2, -0.15) is 0 Å². The molecule has 3 heteroatoms. The lowest BCUT2D eigenvalue weighted by Gasteiger charge is -2.05. The van der Waals surface area contributed by atoms with Crippen LogP contribution in [0.5, 0.6) is 0 Å². The second-order valence-electron chi connectivity index (χ2n) is 6.70. The van der Waals surface area contributed by atoms with Crippen LogP contribution < -0.4 is 0 Å². The first kappa shape index (κ1) is 14.9. The molecule has 2 nitrogen and oxygen atoms in total. The molecule has 0 saturated heterocycles. The summed E-state index contributed by atoms with van der Waals surface area (Å²) in [6, 6.07) is 26.3. The van der Waals surface area contributed by atoms with Crippen LogP contribution in [-0.4, -0.2) is 0 Å². The molecule has 2 aromatic heterocycles. The number of benzene rings is 4. The molecule has 0 bridgehead atoms. The van der Waals surface area contributed by atoms with Crippen molar-refractivity contribution in [2.45, 2.75) is 0 Å². The summed E-state index contributed by atoms with van der Waals surface area (Å²) in [5.41, 5.74) is 5.66. The maximum absolute atomic E-state index is 6.52. The van der Waals surface area contributed by atoms with Gasteiger partial charge in [-0.05, 0) is 47.5 Å². The Morgan fingerprint density at radius 1 is 0.556 bits per heavy atom. The van der Waals surface area contributed by atoms with E-state index in [-0.39, 0.29) is 0 Å². The fraction of sp³-hybridized carbons (Fsp3) is 0. The largest absolute Gasteiger partial charge is 0.456 e. The molecule has 0 fully saturated rings. The first-order valence-electron chi connectivity index (χ1n) is 8.81. The van der Waals surface area contributed by atoms with Crippen LogP contribution in [0.25, 0.3) is 55.0 Å². The zero-order chi connectivity index (χ0) is 18.0. The first-order chi connectivity index (χ1) is 13.3. The SMILES string of the molecule is Clc1cccc2oc3cccc(-c4ccc5oc6ccccc6c5c4)c3c12. The van der Waals surface area contributed by atoms with Crippen molar-refractivity contribution < 1.29 is 8.83 Å². The van der Waals surface area contributed by atoms with Crippen molar-refractivity contribution in [3.63, 3.8) is 0 Å². The minimum absolute atomic E-state index is 0.702. The Bertz CT molecular complexity index is 1490. The maximum atomic E-state index is 6.52. The summed E-state index contributed by atoms with van der Waals surface area (Å²) < 4.78 is 12.0. The van der Waals surface area contributed by atoms with Gasteiger partial charge in [0.25, 0.3) is 0 Å². The molecule has 0 amide bonds. The summed E-state index contributed by atoms with van der Waals surface area (Å²) in [5, 5.41) is 4.94. The Hall–Kier alpha value is -3.23. The van der Waals surface area contributed by atoms with E-state index in [4.69, 9.17) is 20.4 Å². The van der Waals surface area contributed by atoms with Crippen molar-refractivity contribution >= 4 is 55.5 Å². The van der Waals surface area contributed by atoms with E-state index >= 15 is 0 Å². The molecule has 4 aromatic carbocycles. The molecule has 128 valence electrons. The van der Waals surface area contributed by atoms with Gasteiger partial charge in [0.05, 0.1) is 5.02 Å². The summed E-state index contributed by atoms with van der Waals surface area (Å²) >= 11 is 6.52. The third-order valence-corrected chi connectivity index (χ3v) is 5.47. The molecule has 27 heavy (non-hydrogen) atoms. The number of hydrogen-bond donors (Lipinski definition) is 0. The van der Waals surface area contributed by atoms with Crippen LogP contribution in [0.4, 0.5) is 0 Å². The van der Waals surface area contributed by atoms with Crippen molar-refractivity contribution in [3.8, 4) is 11.1 Å². The topological polar surface area (TPSA) is 26.3 Å². The third-order valence-electron chi connectivity index (χ3n) is 5.16. The van der Waals surface area contributed by atoms with Crippen molar-refractivity contribution in [2.24, 2.45) is 0 Å². The van der Waals surface area contributed by atoms with Crippen LogP contribution in [-0.2, 0) is 0 Å². The Morgan fingerprint density at radius 3 is 2.19 bits per heavy atom. The zero-order valence-electron chi connectivity index (χ0n) is 14.2. The Morgan fingerprint density at radius 2 is 1.26 bits per heavy atom. The molecule has 0 radical (unpaired) electrons. The van der Waals surface area contributed by atoms with Gasteiger partial charge < -0.3 is 8.83 Å². The van der Waals surface area contributed by atoms with Crippen molar-refractivity contribution in [2.75, 3.05) is 0 Å². The van der Waals surface area contributed by atoms with Gasteiger partial charge in [0, 0.05) is 21.5 Å². The zero-order valence-corrected chi connectivity index (χ0v) is 15.0. The van der Waals surface area contributed by atoms with Gasteiger partial charge in [0.15, 0.2) is 0 Å². The molecule has 0 aliphatic heterocycles. The van der Waals surface area contributed by atoms with Crippen LogP contribution in [0.2, 0.25) is 5.02 Å². The molecular formula is C24H13ClO2. The standard InChI is InChI=1S/C24H13ClO2/c25-18-7-4-10-22-24(18)23-15(6-3-9-21(23)27-22)14-11-12-20-17(13-14)16-5-1-2-8-19(16)26-20/h1-13H. The molecule has 0 aliphatic rings. The van der Waals surface area contributed by atoms with Gasteiger partial charge in [-0.25, -0.2) is 0 Å². The second-order valence-corrected chi connectivity index (χ2v) is 7.11. The van der Waals surface area contributed by atoms with E-state index in [1.165, 1.54) is 0 Å². The Labute approximate surface area is 159 Å². The van der Waals surface area contributed by atoms with Crippen LogP contribution >= 0.6 is 11.6 Å². The number of hydrogen-bond acceptors (Lipinski definition) is 2. The van der Waals surface area contributed by atoms with E-state index in [0.29, 0.717) is 5.02 Å². The molecule has 2 heterocycles. The predicted molar refractivity (Wildman–Crippen MR) is 111 cm³/mol. The maximum Gasteiger partial charge on any atom is 0.136 e. The normalized spacial score (nSPS) is 11.9. The smallest absolute Gasteiger partial charge is 0.136 e. The highest BCUT2D eigenvalue weighted by Gasteiger charge is 2.15. The molecule has 0 spiro atoms. The fourth-order valence-electron chi connectivity index (χ4n) is 3.96. The van der Waals surface area contributed by atoms with Gasteiger partial charge in [0.2, 0.25) is 0 Å².